The van der Waals surface area contributed by atoms with Crippen molar-refractivity contribution in [3.05, 3.63) is 71.0 Å². The molecule has 130 valence electrons. The zero-order valence-corrected chi connectivity index (χ0v) is 14.6. The summed E-state index contributed by atoms with van der Waals surface area (Å²) in [6.45, 7) is 3.87. The molecule has 6 heteroatoms. The lowest BCUT2D eigenvalue weighted by molar-refractivity contribution is 0.505. The molecule has 0 spiro atoms. The van der Waals surface area contributed by atoms with Crippen LogP contribution in [0.15, 0.2) is 65.5 Å². The molecule has 3 heterocycles. The van der Waals surface area contributed by atoms with Crippen LogP contribution in [-0.2, 0) is 0 Å². The lowest BCUT2D eigenvalue weighted by Gasteiger charge is -2.10. The summed E-state index contributed by atoms with van der Waals surface area (Å²) >= 11 is 0. The van der Waals surface area contributed by atoms with Crippen LogP contribution >= 0.6 is 0 Å². The van der Waals surface area contributed by atoms with Gasteiger partial charge >= 0.3 is 0 Å². The molecule has 4 aromatic rings. The van der Waals surface area contributed by atoms with Gasteiger partial charge in [0, 0.05) is 11.6 Å². The monoisotopic (exact) mass is 345 g/mol. The number of fused-ring (bicyclic) bond motifs is 1. The van der Waals surface area contributed by atoms with Crippen molar-refractivity contribution in [1.29, 1.82) is 0 Å². The van der Waals surface area contributed by atoms with Gasteiger partial charge in [-0.05, 0) is 32.0 Å². The van der Waals surface area contributed by atoms with Crippen LogP contribution in [0.3, 0.4) is 0 Å². The summed E-state index contributed by atoms with van der Waals surface area (Å²) in [4.78, 5) is 12.1. The van der Waals surface area contributed by atoms with E-state index in [9.17, 15) is 4.79 Å². The van der Waals surface area contributed by atoms with Crippen molar-refractivity contribution >= 4 is 11.3 Å². The van der Waals surface area contributed by atoms with Crippen molar-refractivity contribution in [2.45, 2.75) is 19.9 Å². The summed E-state index contributed by atoms with van der Waals surface area (Å²) in [7, 11) is 0. The molecule has 2 N–H and O–H groups in total. The molecule has 6 nitrogen and oxygen atoms in total. The molecule has 0 aliphatic heterocycles. The highest BCUT2D eigenvalue weighted by Gasteiger charge is 2.19. The van der Waals surface area contributed by atoms with Gasteiger partial charge in [-0.15, -0.1) is 0 Å². The number of aromatic nitrogens is 4. The summed E-state index contributed by atoms with van der Waals surface area (Å²) < 4.78 is 3.20. The van der Waals surface area contributed by atoms with Crippen molar-refractivity contribution in [2.24, 2.45) is 0 Å². The molecule has 0 bridgehead atoms. The lowest BCUT2D eigenvalue weighted by Crippen LogP contribution is -2.23. The number of nitrogen functional groups attached to an aromatic ring is 1. The standard InChI is InChI=1S/C20H19N5O/c1-13(2)24-18(26)12-11-15(22-24)19-16-9-6-10-17(21)25(16)23-20(19)14-7-4-3-5-8-14/h3-13H,21H2,1-2H3. The van der Waals surface area contributed by atoms with Gasteiger partial charge in [0.05, 0.1) is 22.8 Å². The van der Waals surface area contributed by atoms with Crippen LogP contribution in [0.2, 0.25) is 0 Å². The number of nitrogens with zero attached hydrogens (tertiary/aromatic N) is 4. The smallest absolute Gasteiger partial charge is 0.267 e. The highest BCUT2D eigenvalue weighted by atomic mass is 16.1. The third-order valence-electron chi connectivity index (χ3n) is 4.30. The molecule has 0 unspecified atom stereocenters. The van der Waals surface area contributed by atoms with Gasteiger partial charge in [-0.2, -0.15) is 10.2 Å². The second-order valence-corrected chi connectivity index (χ2v) is 6.43. The molecule has 0 fully saturated rings. The van der Waals surface area contributed by atoms with E-state index in [4.69, 9.17) is 10.8 Å². The molecule has 0 amide bonds. The number of hydrogen-bond acceptors (Lipinski definition) is 4. The predicted octanol–water partition coefficient (Wildman–Crippen LogP) is 3.39. The average molecular weight is 345 g/mol. The van der Waals surface area contributed by atoms with Crippen molar-refractivity contribution in [3.63, 3.8) is 0 Å². The molecule has 0 radical (unpaired) electrons. The first-order valence-corrected chi connectivity index (χ1v) is 8.49. The minimum Gasteiger partial charge on any atom is -0.384 e. The maximum Gasteiger partial charge on any atom is 0.267 e. The van der Waals surface area contributed by atoms with E-state index >= 15 is 0 Å². The summed E-state index contributed by atoms with van der Waals surface area (Å²) in [5.41, 5.74) is 10.2. The van der Waals surface area contributed by atoms with Crippen molar-refractivity contribution in [2.75, 3.05) is 5.73 Å². The van der Waals surface area contributed by atoms with Gasteiger partial charge in [0.15, 0.2) is 0 Å². The molecule has 0 aliphatic rings. The molecular formula is C20H19N5O. The van der Waals surface area contributed by atoms with Crippen LogP contribution in [-0.4, -0.2) is 19.4 Å². The highest BCUT2D eigenvalue weighted by molar-refractivity contribution is 5.91. The fourth-order valence-corrected chi connectivity index (χ4v) is 3.07. The van der Waals surface area contributed by atoms with E-state index in [2.05, 4.69) is 5.10 Å². The maximum atomic E-state index is 12.1. The summed E-state index contributed by atoms with van der Waals surface area (Å²) in [6.07, 6.45) is 0. The van der Waals surface area contributed by atoms with Gasteiger partial charge in [0.1, 0.15) is 11.5 Å². The Balaban J connectivity index is 2.07. The van der Waals surface area contributed by atoms with E-state index in [1.165, 1.54) is 4.68 Å². The topological polar surface area (TPSA) is 78.2 Å². The van der Waals surface area contributed by atoms with Gasteiger partial charge < -0.3 is 5.73 Å². The number of pyridine rings is 1. The van der Waals surface area contributed by atoms with Crippen LogP contribution < -0.4 is 11.3 Å². The predicted molar refractivity (Wildman–Crippen MR) is 103 cm³/mol. The van der Waals surface area contributed by atoms with Gasteiger partial charge in [-0.3, -0.25) is 4.79 Å². The quantitative estimate of drug-likeness (QED) is 0.617. The summed E-state index contributed by atoms with van der Waals surface area (Å²) in [5.74, 6) is 0.545. The molecule has 0 saturated carbocycles. The summed E-state index contributed by atoms with van der Waals surface area (Å²) in [6, 6.07) is 18.8. The van der Waals surface area contributed by atoms with E-state index in [1.807, 2.05) is 56.3 Å². The largest absolute Gasteiger partial charge is 0.384 e. The number of nitrogens with two attached hydrogens (primary N) is 1. The van der Waals surface area contributed by atoms with Crippen molar-refractivity contribution < 1.29 is 0 Å². The Morgan fingerprint density at radius 3 is 2.42 bits per heavy atom. The molecule has 0 aliphatic carbocycles. The normalized spacial score (nSPS) is 11.3. The average Bonchev–Trinajstić information content (AvgIpc) is 3.04. The fraction of sp³-hybridized carbons (Fsp3) is 0.150. The molecule has 0 saturated heterocycles. The first kappa shape index (κ1) is 16.1. The number of anilines is 1. The lowest BCUT2D eigenvalue weighted by atomic mass is 10.0. The molecule has 0 atom stereocenters. The minimum absolute atomic E-state index is 0.0328. The minimum atomic E-state index is -0.124. The SMILES string of the molecule is CC(C)n1nc(-c2c(-c3ccccc3)nn3c(N)cccc23)ccc1=O. The van der Waals surface area contributed by atoms with Crippen LogP contribution in [0.25, 0.3) is 28.0 Å². The molecular weight excluding hydrogens is 326 g/mol. The van der Waals surface area contributed by atoms with Crippen LogP contribution in [0.1, 0.15) is 19.9 Å². The van der Waals surface area contributed by atoms with Gasteiger partial charge in [0.2, 0.25) is 0 Å². The Morgan fingerprint density at radius 1 is 0.923 bits per heavy atom. The first-order valence-electron chi connectivity index (χ1n) is 8.49. The zero-order chi connectivity index (χ0) is 18.3. The molecule has 3 aromatic heterocycles. The van der Waals surface area contributed by atoms with Crippen molar-refractivity contribution in [1.82, 2.24) is 19.4 Å². The second-order valence-electron chi connectivity index (χ2n) is 6.43. The Kier molecular flexibility index (Phi) is 3.80. The molecule has 26 heavy (non-hydrogen) atoms. The van der Waals surface area contributed by atoms with E-state index in [1.54, 1.807) is 22.7 Å². The molecule has 1 aromatic carbocycles. The second kappa shape index (κ2) is 6.15. The zero-order valence-electron chi connectivity index (χ0n) is 14.6. The van der Waals surface area contributed by atoms with Gasteiger partial charge in [-0.1, -0.05) is 36.4 Å². The van der Waals surface area contributed by atoms with Crippen molar-refractivity contribution in [3.8, 4) is 22.5 Å². The third kappa shape index (κ3) is 2.56. The summed E-state index contributed by atoms with van der Waals surface area (Å²) in [5, 5.41) is 9.31. The first-order chi connectivity index (χ1) is 12.6. The van der Waals surface area contributed by atoms with E-state index in [0.717, 1.165) is 22.3 Å². The third-order valence-corrected chi connectivity index (χ3v) is 4.30. The van der Waals surface area contributed by atoms with Crippen LogP contribution in [0, 0.1) is 0 Å². The van der Waals surface area contributed by atoms with E-state index in [-0.39, 0.29) is 11.6 Å². The van der Waals surface area contributed by atoms with Crippen LogP contribution in [0.4, 0.5) is 5.82 Å². The van der Waals surface area contributed by atoms with E-state index in [0.29, 0.717) is 11.5 Å². The Morgan fingerprint density at radius 2 is 1.69 bits per heavy atom. The Bertz CT molecular complexity index is 1140. The van der Waals surface area contributed by atoms with Gasteiger partial charge in [-0.25, -0.2) is 9.20 Å². The Hall–Kier alpha value is -3.41. The van der Waals surface area contributed by atoms with Gasteiger partial charge in [0.25, 0.3) is 5.56 Å². The number of benzene rings is 1. The van der Waals surface area contributed by atoms with Crippen LogP contribution in [0.5, 0.6) is 0 Å². The fourth-order valence-electron chi connectivity index (χ4n) is 3.07. The Labute approximate surface area is 150 Å². The number of rotatable bonds is 3. The molecule has 4 rings (SSSR count). The maximum absolute atomic E-state index is 12.1. The number of hydrogen-bond donors (Lipinski definition) is 1. The van der Waals surface area contributed by atoms with E-state index < -0.39 is 0 Å². The highest BCUT2D eigenvalue weighted by Crippen LogP contribution is 2.34.